The number of hydrogen-bond donors (Lipinski definition) is 1. The Balaban J connectivity index is 1.81. The van der Waals surface area contributed by atoms with Crippen LogP contribution in [-0.2, 0) is 4.79 Å². The molecule has 0 unspecified atom stereocenters. The first-order valence-corrected chi connectivity index (χ1v) is 10.4. The lowest BCUT2D eigenvalue weighted by Gasteiger charge is -2.33. The summed E-state index contributed by atoms with van der Waals surface area (Å²) >= 11 is 9.18. The second-order valence-corrected chi connectivity index (χ2v) is 8.43. The molecule has 4 rings (SSSR count). The van der Waals surface area contributed by atoms with Crippen molar-refractivity contribution in [2.45, 2.75) is 25.3 Å². The number of carboxylic acid groups (broad SMARTS) is 1. The quantitative estimate of drug-likeness (QED) is 0.432. The van der Waals surface area contributed by atoms with Crippen molar-refractivity contribution in [2.24, 2.45) is 5.92 Å². The Morgan fingerprint density at radius 2 is 1.91 bits per heavy atom. The van der Waals surface area contributed by atoms with Gasteiger partial charge in [0.1, 0.15) is 23.4 Å². The van der Waals surface area contributed by atoms with Gasteiger partial charge >= 0.3 is 12.3 Å². The molecule has 1 N–H and O–H groups in total. The molecule has 1 saturated carbocycles. The Hall–Kier alpha value is -2.72. The predicted octanol–water partition coefficient (Wildman–Crippen LogP) is 6.02. The van der Waals surface area contributed by atoms with Gasteiger partial charge in [-0.05, 0) is 47.0 Å². The molecule has 1 aromatic heterocycles. The lowest BCUT2D eigenvalue weighted by atomic mass is 9.82. The molecule has 0 amide bonds. The van der Waals surface area contributed by atoms with E-state index in [9.17, 15) is 22.8 Å². The van der Waals surface area contributed by atoms with Crippen molar-refractivity contribution < 1.29 is 37.0 Å². The SMILES string of the molecule is O=C(O)C1CC(Oc2cc(OC(F)(F)F)c(Br)cc2-c2cc(=O)c3cccc(Cl)c3o2)C1. The van der Waals surface area contributed by atoms with Gasteiger partial charge in [-0.2, -0.15) is 0 Å². The van der Waals surface area contributed by atoms with Crippen molar-refractivity contribution in [3.05, 3.63) is 56.1 Å². The Kier molecular flexibility index (Phi) is 5.85. The van der Waals surface area contributed by atoms with Gasteiger partial charge < -0.3 is 19.0 Å². The molecule has 32 heavy (non-hydrogen) atoms. The molecule has 3 aromatic rings. The lowest BCUT2D eigenvalue weighted by molar-refractivity contribution is -0.274. The van der Waals surface area contributed by atoms with E-state index in [1.165, 1.54) is 24.3 Å². The summed E-state index contributed by atoms with van der Waals surface area (Å²) in [4.78, 5) is 23.6. The average molecular weight is 534 g/mol. The molecule has 2 aromatic carbocycles. The van der Waals surface area contributed by atoms with Gasteiger partial charge in [0.2, 0.25) is 0 Å². The Morgan fingerprint density at radius 1 is 1.19 bits per heavy atom. The second-order valence-electron chi connectivity index (χ2n) is 7.16. The molecule has 1 fully saturated rings. The van der Waals surface area contributed by atoms with E-state index in [4.69, 9.17) is 25.9 Å². The summed E-state index contributed by atoms with van der Waals surface area (Å²) in [5.74, 6) is -2.18. The van der Waals surface area contributed by atoms with Crippen LogP contribution in [0.2, 0.25) is 5.02 Å². The summed E-state index contributed by atoms with van der Waals surface area (Å²) < 4.78 is 54.0. The van der Waals surface area contributed by atoms with Crippen LogP contribution in [0.5, 0.6) is 11.5 Å². The van der Waals surface area contributed by atoms with Gasteiger partial charge in [-0.3, -0.25) is 9.59 Å². The van der Waals surface area contributed by atoms with Crippen LogP contribution < -0.4 is 14.9 Å². The standard InChI is InChI=1S/C21H13BrClF3O6/c22-13-6-12(16-7-15(27)11-2-1-3-14(23)19(11)31-16)17(8-18(13)32-21(24,25)26)30-10-4-9(5-10)20(28)29/h1-3,6-10H,4-5H2,(H,28,29). The molecule has 11 heteroatoms. The number of ether oxygens (including phenoxy) is 2. The van der Waals surface area contributed by atoms with E-state index in [1.54, 1.807) is 6.07 Å². The van der Waals surface area contributed by atoms with Crippen molar-refractivity contribution in [3.63, 3.8) is 0 Å². The normalized spacial score (nSPS) is 18.3. The topological polar surface area (TPSA) is 86.0 Å². The van der Waals surface area contributed by atoms with E-state index in [1.807, 2.05) is 0 Å². The average Bonchev–Trinajstić information content (AvgIpc) is 2.65. The smallest absolute Gasteiger partial charge is 0.489 e. The molecule has 0 aliphatic heterocycles. The second kappa shape index (κ2) is 8.32. The van der Waals surface area contributed by atoms with Crippen molar-refractivity contribution in [2.75, 3.05) is 0 Å². The van der Waals surface area contributed by atoms with Gasteiger partial charge in [-0.1, -0.05) is 17.7 Å². The van der Waals surface area contributed by atoms with Crippen molar-refractivity contribution >= 4 is 44.5 Å². The molecule has 0 radical (unpaired) electrons. The van der Waals surface area contributed by atoms with Crippen LogP contribution in [0.1, 0.15) is 12.8 Å². The third kappa shape index (κ3) is 4.56. The zero-order chi connectivity index (χ0) is 23.2. The number of rotatable bonds is 5. The third-order valence-corrected chi connectivity index (χ3v) is 5.89. The maximum atomic E-state index is 12.8. The highest BCUT2D eigenvalue weighted by Crippen LogP contribution is 2.43. The number of hydrogen-bond acceptors (Lipinski definition) is 5. The third-order valence-electron chi connectivity index (χ3n) is 4.97. The zero-order valence-electron chi connectivity index (χ0n) is 15.9. The summed E-state index contributed by atoms with van der Waals surface area (Å²) in [6.45, 7) is 0. The molecule has 0 bridgehead atoms. The fraction of sp³-hybridized carbons (Fsp3) is 0.238. The van der Waals surface area contributed by atoms with E-state index in [0.29, 0.717) is 0 Å². The maximum Gasteiger partial charge on any atom is 0.573 e. The van der Waals surface area contributed by atoms with E-state index in [2.05, 4.69) is 20.7 Å². The summed E-state index contributed by atoms with van der Waals surface area (Å²) in [5, 5.41) is 9.47. The van der Waals surface area contributed by atoms with Crippen LogP contribution in [0.3, 0.4) is 0 Å². The first kappa shape index (κ1) is 22.5. The highest BCUT2D eigenvalue weighted by molar-refractivity contribution is 9.10. The number of carboxylic acids is 1. The molecule has 6 nitrogen and oxygen atoms in total. The number of aliphatic carboxylic acids is 1. The molecule has 0 atom stereocenters. The number of para-hydroxylation sites is 1. The van der Waals surface area contributed by atoms with Gasteiger partial charge in [0, 0.05) is 12.1 Å². The maximum absolute atomic E-state index is 12.8. The first-order chi connectivity index (χ1) is 15.0. The minimum Gasteiger partial charge on any atom is -0.489 e. The summed E-state index contributed by atoms with van der Waals surface area (Å²) in [5.41, 5.74) is -0.121. The zero-order valence-corrected chi connectivity index (χ0v) is 18.3. The van der Waals surface area contributed by atoms with Crippen molar-refractivity contribution in [1.29, 1.82) is 0 Å². The van der Waals surface area contributed by atoms with Gasteiger partial charge in [0.05, 0.1) is 26.4 Å². The van der Waals surface area contributed by atoms with E-state index in [-0.39, 0.29) is 50.4 Å². The first-order valence-electron chi connectivity index (χ1n) is 9.23. The Morgan fingerprint density at radius 3 is 2.56 bits per heavy atom. The Labute approximate surface area is 191 Å². The van der Waals surface area contributed by atoms with Gasteiger partial charge in [-0.15, -0.1) is 13.2 Å². The summed E-state index contributed by atoms with van der Waals surface area (Å²) in [7, 11) is 0. The van der Waals surface area contributed by atoms with Crippen LogP contribution in [0.25, 0.3) is 22.3 Å². The van der Waals surface area contributed by atoms with Gasteiger partial charge in [0.25, 0.3) is 0 Å². The molecular formula is C21H13BrClF3O6. The van der Waals surface area contributed by atoms with E-state index >= 15 is 0 Å². The van der Waals surface area contributed by atoms with E-state index in [0.717, 1.165) is 6.07 Å². The molecule has 0 spiro atoms. The highest BCUT2D eigenvalue weighted by atomic mass is 79.9. The number of alkyl halides is 3. The molecular weight excluding hydrogens is 521 g/mol. The van der Waals surface area contributed by atoms with Gasteiger partial charge in [-0.25, -0.2) is 0 Å². The summed E-state index contributed by atoms with van der Waals surface area (Å²) in [6, 6.07) is 8.11. The van der Waals surface area contributed by atoms with E-state index < -0.39 is 35.5 Å². The fourth-order valence-corrected chi connectivity index (χ4v) is 3.98. The molecule has 168 valence electrons. The monoisotopic (exact) mass is 532 g/mol. The number of benzene rings is 2. The van der Waals surface area contributed by atoms with Crippen LogP contribution >= 0.6 is 27.5 Å². The molecule has 1 aliphatic carbocycles. The number of carbonyl (C=O) groups is 1. The fourth-order valence-electron chi connectivity index (χ4n) is 3.35. The molecule has 0 saturated heterocycles. The largest absolute Gasteiger partial charge is 0.573 e. The van der Waals surface area contributed by atoms with Gasteiger partial charge in [0.15, 0.2) is 11.0 Å². The number of halogens is 5. The minimum absolute atomic E-state index is 0.0129. The number of fused-ring (bicyclic) bond motifs is 1. The molecule has 1 heterocycles. The lowest BCUT2D eigenvalue weighted by Crippen LogP contribution is -2.38. The van der Waals surface area contributed by atoms with Crippen LogP contribution in [0.4, 0.5) is 13.2 Å². The van der Waals surface area contributed by atoms with Crippen molar-refractivity contribution in [1.82, 2.24) is 0 Å². The summed E-state index contributed by atoms with van der Waals surface area (Å²) in [6.07, 6.45) is -5.11. The van der Waals surface area contributed by atoms with Crippen molar-refractivity contribution in [3.8, 4) is 22.8 Å². The van der Waals surface area contributed by atoms with Crippen LogP contribution in [0, 0.1) is 5.92 Å². The minimum atomic E-state index is -4.95. The van der Waals surface area contributed by atoms with Crippen LogP contribution in [-0.4, -0.2) is 23.5 Å². The Bertz CT molecular complexity index is 1270. The molecule has 1 aliphatic rings. The highest BCUT2D eigenvalue weighted by Gasteiger charge is 2.37. The van der Waals surface area contributed by atoms with Crippen LogP contribution in [0.15, 0.2) is 50.1 Å². The predicted molar refractivity (Wildman–Crippen MR) is 112 cm³/mol.